The molecule has 0 aromatic heterocycles. The Balaban J connectivity index is 1.96. The lowest BCUT2D eigenvalue weighted by molar-refractivity contribution is -0.00261. The van der Waals surface area contributed by atoms with Crippen LogP contribution in [0.15, 0.2) is 42.5 Å². The van der Waals surface area contributed by atoms with Crippen LogP contribution in [0, 0.1) is 0 Å². The van der Waals surface area contributed by atoms with Crippen molar-refractivity contribution in [1.29, 1.82) is 0 Å². The first kappa shape index (κ1) is 16.5. The summed E-state index contributed by atoms with van der Waals surface area (Å²) in [6, 6.07) is 15.6. The third kappa shape index (κ3) is 3.59. The van der Waals surface area contributed by atoms with Crippen molar-refractivity contribution in [2.24, 2.45) is 0 Å². The van der Waals surface area contributed by atoms with Crippen LogP contribution >= 0.6 is 0 Å². The average molecular weight is 311 g/mol. The fraction of sp³-hybridized carbons (Fsp3) is 0.524. The van der Waals surface area contributed by atoms with Crippen molar-refractivity contribution in [1.82, 2.24) is 4.90 Å². The third-order valence-corrected chi connectivity index (χ3v) is 5.68. The number of hydrogen-bond acceptors (Lipinski definition) is 2. The van der Waals surface area contributed by atoms with Crippen molar-refractivity contribution in [3.63, 3.8) is 0 Å². The zero-order valence-corrected chi connectivity index (χ0v) is 14.7. The second-order valence-electron chi connectivity index (χ2n) is 7.89. The van der Waals surface area contributed by atoms with Gasteiger partial charge in [0, 0.05) is 0 Å². The molecule has 2 heteroatoms. The van der Waals surface area contributed by atoms with Crippen LogP contribution in [-0.2, 0) is 5.41 Å². The normalized spacial score (nSPS) is 28.4. The van der Waals surface area contributed by atoms with E-state index in [4.69, 9.17) is 0 Å². The Kier molecular flexibility index (Phi) is 4.48. The van der Waals surface area contributed by atoms with Crippen LogP contribution < -0.4 is 0 Å². The molecule has 124 valence electrons. The van der Waals surface area contributed by atoms with Crippen LogP contribution in [0.1, 0.15) is 44.6 Å². The number of benzene rings is 2. The molecular formula is C21H29NO. The molecule has 0 heterocycles. The quantitative estimate of drug-likeness (QED) is 0.907. The second kappa shape index (κ2) is 6.26. The lowest BCUT2D eigenvalue weighted by Crippen LogP contribution is -2.41. The maximum Gasteiger partial charge on any atom is 0.0620 e. The van der Waals surface area contributed by atoms with E-state index >= 15 is 0 Å². The molecular weight excluding hydrogens is 282 g/mol. The molecule has 2 aromatic carbocycles. The average Bonchev–Trinajstić information content (AvgIpc) is 2.54. The molecule has 1 aliphatic rings. The van der Waals surface area contributed by atoms with E-state index in [0.717, 1.165) is 38.6 Å². The lowest BCUT2D eigenvalue weighted by Gasteiger charge is -2.44. The standard InChI is InChI=1S/C21H29NO/c1-20(23)10-12-21(13-11-20,14-15-22(2)3)19-9-8-17-6-4-5-7-18(17)16-19/h4-9,16,23H,10-15H2,1-3H3. The van der Waals surface area contributed by atoms with Gasteiger partial charge in [0.1, 0.15) is 0 Å². The summed E-state index contributed by atoms with van der Waals surface area (Å²) in [7, 11) is 4.29. The molecule has 0 amide bonds. The van der Waals surface area contributed by atoms with Gasteiger partial charge in [-0.3, -0.25) is 0 Å². The third-order valence-electron chi connectivity index (χ3n) is 5.68. The zero-order valence-electron chi connectivity index (χ0n) is 14.7. The van der Waals surface area contributed by atoms with Crippen molar-refractivity contribution in [3.8, 4) is 0 Å². The molecule has 2 aromatic rings. The van der Waals surface area contributed by atoms with E-state index in [9.17, 15) is 5.11 Å². The van der Waals surface area contributed by atoms with E-state index in [-0.39, 0.29) is 5.41 Å². The van der Waals surface area contributed by atoms with E-state index in [0.29, 0.717) is 0 Å². The second-order valence-corrected chi connectivity index (χ2v) is 7.89. The SMILES string of the molecule is CN(C)CCC1(c2ccc3ccccc3c2)CCC(C)(O)CC1. The topological polar surface area (TPSA) is 23.5 Å². The highest BCUT2D eigenvalue weighted by atomic mass is 16.3. The Morgan fingerprint density at radius 2 is 1.61 bits per heavy atom. The first-order valence-electron chi connectivity index (χ1n) is 8.77. The molecule has 23 heavy (non-hydrogen) atoms. The van der Waals surface area contributed by atoms with Gasteiger partial charge >= 0.3 is 0 Å². The fourth-order valence-corrected chi connectivity index (χ4v) is 3.91. The Hall–Kier alpha value is -1.38. The molecule has 0 bridgehead atoms. The lowest BCUT2D eigenvalue weighted by atomic mass is 9.64. The maximum absolute atomic E-state index is 10.4. The van der Waals surface area contributed by atoms with Gasteiger partial charge in [-0.1, -0.05) is 42.5 Å². The predicted molar refractivity (Wildman–Crippen MR) is 97.9 cm³/mol. The first-order chi connectivity index (χ1) is 10.9. The molecule has 0 spiro atoms. The highest BCUT2D eigenvalue weighted by molar-refractivity contribution is 5.83. The molecule has 0 saturated heterocycles. The van der Waals surface area contributed by atoms with Crippen molar-refractivity contribution in [3.05, 3.63) is 48.0 Å². The number of nitrogens with zero attached hydrogens (tertiary/aromatic N) is 1. The molecule has 3 rings (SSSR count). The van der Waals surface area contributed by atoms with Gasteiger partial charge in [-0.2, -0.15) is 0 Å². The summed E-state index contributed by atoms with van der Waals surface area (Å²) in [5, 5.41) is 13.0. The van der Waals surface area contributed by atoms with E-state index in [1.807, 2.05) is 6.92 Å². The van der Waals surface area contributed by atoms with E-state index in [1.54, 1.807) is 0 Å². The van der Waals surface area contributed by atoms with Crippen molar-refractivity contribution in [2.75, 3.05) is 20.6 Å². The minimum absolute atomic E-state index is 0.205. The molecule has 0 aliphatic heterocycles. The largest absolute Gasteiger partial charge is 0.390 e. The van der Waals surface area contributed by atoms with Crippen molar-refractivity contribution < 1.29 is 5.11 Å². The van der Waals surface area contributed by atoms with Gasteiger partial charge in [0.15, 0.2) is 0 Å². The fourth-order valence-electron chi connectivity index (χ4n) is 3.91. The molecule has 1 saturated carbocycles. The Bertz CT molecular complexity index is 659. The Morgan fingerprint density at radius 3 is 2.26 bits per heavy atom. The summed E-state index contributed by atoms with van der Waals surface area (Å²) in [4.78, 5) is 2.27. The summed E-state index contributed by atoms with van der Waals surface area (Å²) in [6.45, 7) is 3.08. The highest BCUT2D eigenvalue weighted by Gasteiger charge is 2.40. The minimum Gasteiger partial charge on any atom is -0.390 e. The zero-order chi connectivity index (χ0) is 16.5. The smallest absolute Gasteiger partial charge is 0.0620 e. The molecule has 2 nitrogen and oxygen atoms in total. The number of hydrogen-bond donors (Lipinski definition) is 1. The molecule has 1 fully saturated rings. The van der Waals surface area contributed by atoms with Gasteiger partial charge in [0.2, 0.25) is 0 Å². The van der Waals surface area contributed by atoms with Gasteiger partial charge in [-0.15, -0.1) is 0 Å². The summed E-state index contributed by atoms with van der Waals surface area (Å²) in [5.74, 6) is 0. The van der Waals surface area contributed by atoms with Crippen molar-refractivity contribution >= 4 is 10.8 Å². The summed E-state index contributed by atoms with van der Waals surface area (Å²) < 4.78 is 0. The molecule has 1 N–H and O–H groups in total. The van der Waals surface area contributed by atoms with Crippen LogP contribution in [0.25, 0.3) is 10.8 Å². The highest BCUT2D eigenvalue weighted by Crippen LogP contribution is 2.46. The number of fused-ring (bicyclic) bond motifs is 1. The summed E-state index contributed by atoms with van der Waals surface area (Å²) in [5.41, 5.74) is 1.17. The molecule has 0 radical (unpaired) electrons. The van der Waals surface area contributed by atoms with E-state index in [1.165, 1.54) is 16.3 Å². The van der Waals surface area contributed by atoms with Gasteiger partial charge in [0.25, 0.3) is 0 Å². The Labute approximate surface area is 140 Å². The maximum atomic E-state index is 10.4. The van der Waals surface area contributed by atoms with Gasteiger partial charge < -0.3 is 10.0 Å². The molecule has 0 unspecified atom stereocenters. The van der Waals surface area contributed by atoms with E-state index in [2.05, 4.69) is 61.5 Å². The number of aliphatic hydroxyl groups is 1. The van der Waals surface area contributed by atoms with Crippen LogP contribution in [0.2, 0.25) is 0 Å². The first-order valence-corrected chi connectivity index (χ1v) is 8.77. The molecule has 0 atom stereocenters. The number of rotatable bonds is 4. The van der Waals surface area contributed by atoms with Crippen molar-refractivity contribution in [2.45, 2.75) is 50.0 Å². The predicted octanol–water partition coefficient (Wildman–Crippen LogP) is 4.35. The summed E-state index contributed by atoms with van der Waals surface area (Å²) >= 11 is 0. The minimum atomic E-state index is -0.488. The van der Waals surface area contributed by atoms with E-state index < -0.39 is 5.60 Å². The Morgan fingerprint density at radius 1 is 0.957 bits per heavy atom. The van der Waals surface area contributed by atoms with Gasteiger partial charge in [-0.05, 0) is 81.4 Å². The van der Waals surface area contributed by atoms with Gasteiger partial charge in [-0.25, -0.2) is 0 Å². The summed E-state index contributed by atoms with van der Waals surface area (Å²) in [6.07, 6.45) is 5.10. The van der Waals surface area contributed by atoms with Crippen LogP contribution in [0.4, 0.5) is 0 Å². The van der Waals surface area contributed by atoms with Gasteiger partial charge in [0.05, 0.1) is 5.60 Å². The molecule has 1 aliphatic carbocycles. The monoisotopic (exact) mass is 311 g/mol. The van der Waals surface area contributed by atoms with Crippen LogP contribution in [0.5, 0.6) is 0 Å². The van der Waals surface area contributed by atoms with Crippen LogP contribution in [0.3, 0.4) is 0 Å². The van der Waals surface area contributed by atoms with Crippen LogP contribution in [-0.4, -0.2) is 36.2 Å².